The Labute approximate surface area is 214 Å². The minimum absolute atomic E-state index is 0.236. The molecule has 5 rings (SSSR count). The third-order valence-corrected chi connectivity index (χ3v) is 5.94. The predicted molar refractivity (Wildman–Crippen MR) is 141 cm³/mol. The molecular weight excluding hydrogens is 509 g/mol. The summed E-state index contributed by atoms with van der Waals surface area (Å²) in [7, 11) is 0. The van der Waals surface area contributed by atoms with Gasteiger partial charge < -0.3 is 9.15 Å². The van der Waals surface area contributed by atoms with Crippen LogP contribution in [-0.4, -0.2) is 22.5 Å². The summed E-state index contributed by atoms with van der Waals surface area (Å²) in [6, 6.07) is 17.3. The summed E-state index contributed by atoms with van der Waals surface area (Å²) in [4.78, 5) is 18.0. The minimum atomic E-state index is -0.358. The van der Waals surface area contributed by atoms with Crippen molar-refractivity contribution in [3.8, 4) is 17.3 Å². The lowest BCUT2D eigenvalue weighted by Crippen LogP contribution is -2.20. The van der Waals surface area contributed by atoms with Gasteiger partial charge in [0.1, 0.15) is 12.2 Å². The van der Waals surface area contributed by atoms with Crippen molar-refractivity contribution in [3.05, 3.63) is 104 Å². The topological polar surface area (TPSA) is 69.6 Å². The molecule has 0 N–H and O–H groups in total. The van der Waals surface area contributed by atoms with Crippen LogP contribution in [0.1, 0.15) is 5.56 Å². The Morgan fingerprint density at radius 3 is 2.60 bits per heavy atom. The Morgan fingerprint density at radius 2 is 1.83 bits per heavy atom. The van der Waals surface area contributed by atoms with E-state index in [0.29, 0.717) is 48.6 Å². The van der Waals surface area contributed by atoms with Gasteiger partial charge in [0.25, 0.3) is 5.56 Å². The van der Waals surface area contributed by atoms with Gasteiger partial charge in [0.2, 0.25) is 5.82 Å². The highest BCUT2D eigenvalue weighted by Crippen LogP contribution is 2.34. The van der Waals surface area contributed by atoms with Crippen LogP contribution in [-0.2, 0) is 0 Å². The molecular formula is C26H16Cl3N3O3. The van der Waals surface area contributed by atoms with E-state index in [4.69, 9.17) is 44.0 Å². The van der Waals surface area contributed by atoms with Crippen LogP contribution in [0.4, 0.5) is 0 Å². The number of ether oxygens (including phenoxy) is 1. The van der Waals surface area contributed by atoms with Crippen molar-refractivity contribution in [1.82, 2.24) is 9.66 Å². The zero-order valence-electron chi connectivity index (χ0n) is 18.0. The molecule has 0 spiro atoms. The van der Waals surface area contributed by atoms with E-state index in [-0.39, 0.29) is 18.0 Å². The van der Waals surface area contributed by atoms with E-state index in [2.05, 4.69) is 16.7 Å². The maximum absolute atomic E-state index is 13.4. The van der Waals surface area contributed by atoms with Gasteiger partial charge in [-0.25, -0.2) is 4.98 Å². The molecule has 174 valence electrons. The van der Waals surface area contributed by atoms with Crippen LogP contribution >= 0.6 is 34.8 Å². The molecule has 0 saturated carbocycles. The molecule has 0 aliphatic heterocycles. The van der Waals surface area contributed by atoms with Gasteiger partial charge in [-0.2, -0.15) is 9.78 Å². The number of hydrogen-bond acceptors (Lipinski definition) is 5. The van der Waals surface area contributed by atoms with E-state index in [0.717, 1.165) is 5.39 Å². The zero-order valence-corrected chi connectivity index (χ0v) is 20.3. The summed E-state index contributed by atoms with van der Waals surface area (Å²) in [5, 5.41) is 6.79. The number of furan rings is 1. The normalized spacial score (nSPS) is 11.5. The number of fused-ring (bicyclic) bond motifs is 2. The molecule has 2 aromatic heterocycles. The molecule has 0 radical (unpaired) electrons. The Hall–Kier alpha value is -3.58. The lowest BCUT2D eigenvalue weighted by atomic mass is 10.2. The first-order valence-corrected chi connectivity index (χ1v) is 11.6. The third-order valence-electron chi connectivity index (χ3n) is 5.14. The van der Waals surface area contributed by atoms with Gasteiger partial charge >= 0.3 is 0 Å². The maximum Gasteiger partial charge on any atom is 0.282 e. The number of nitrogens with zero attached hydrogens (tertiary/aromatic N) is 3. The van der Waals surface area contributed by atoms with Crippen LogP contribution in [0, 0.1) is 0 Å². The first-order chi connectivity index (χ1) is 16.9. The van der Waals surface area contributed by atoms with Crippen LogP contribution in [0.5, 0.6) is 5.75 Å². The highest BCUT2D eigenvalue weighted by atomic mass is 35.5. The second-order valence-corrected chi connectivity index (χ2v) is 8.77. The van der Waals surface area contributed by atoms with Crippen molar-refractivity contribution in [3.63, 3.8) is 0 Å². The molecule has 0 unspecified atom stereocenters. The second-order valence-electron chi connectivity index (χ2n) is 7.52. The quantitative estimate of drug-likeness (QED) is 0.174. The van der Waals surface area contributed by atoms with Crippen molar-refractivity contribution < 1.29 is 9.15 Å². The number of hydrogen-bond donors (Lipinski definition) is 0. The molecule has 9 heteroatoms. The summed E-state index contributed by atoms with van der Waals surface area (Å²) in [6.45, 7) is 3.87. The van der Waals surface area contributed by atoms with E-state index in [9.17, 15) is 4.79 Å². The molecule has 2 heterocycles. The molecule has 35 heavy (non-hydrogen) atoms. The van der Waals surface area contributed by atoms with Gasteiger partial charge in [-0.05, 0) is 54.1 Å². The third kappa shape index (κ3) is 4.56. The summed E-state index contributed by atoms with van der Waals surface area (Å²) < 4.78 is 12.7. The van der Waals surface area contributed by atoms with Crippen molar-refractivity contribution in [2.45, 2.75) is 0 Å². The monoisotopic (exact) mass is 523 g/mol. The summed E-state index contributed by atoms with van der Waals surface area (Å²) in [6.07, 6.45) is 3.06. The van der Waals surface area contributed by atoms with Gasteiger partial charge in [-0.15, -0.1) is 0 Å². The van der Waals surface area contributed by atoms with Gasteiger partial charge in [-0.3, -0.25) is 4.79 Å². The number of halogens is 3. The average molecular weight is 525 g/mol. The van der Waals surface area contributed by atoms with Gasteiger partial charge in [0.05, 0.1) is 27.2 Å². The van der Waals surface area contributed by atoms with Crippen LogP contribution in [0.2, 0.25) is 15.1 Å². The fourth-order valence-electron chi connectivity index (χ4n) is 3.57. The van der Waals surface area contributed by atoms with Gasteiger partial charge in [0.15, 0.2) is 11.5 Å². The molecule has 0 fully saturated rings. The fourth-order valence-corrected chi connectivity index (χ4v) is 4.37. The van der Waals surface area contributed by atoms with Crippen molar-refractivity contribution in [2.75, 3.05) is 6.61 Å². The van der Waals surface area contributed by atoms with E-state index in [1.54, 1.807) is 60.7 Å². The molecule has 0 bridgehead atoms. The Balaban J connectivity index is 1.65. The molecule has 0 atom stereocenters. The largest absolute Gasteiger partial charge is 0.486 e. The van der Waals surface area contributed by atoms with E-state index in [1.165, 1.54) is 10.9 Å². The van der Waals surface area contributed by atoms with Crippen molar-refractivity contribution in [1.29, 1.82) is 0 Å². The lowest BCUT2D eigenvalue weighted by Gasteiger charge is -2.09. The molecule has 5 aromatic rings. The zero-order chi connectivity index (χ0) is 24.5. The Morgan fingerprint density at radius 1 is 1.06 bits per heavy atom. The predicted octanol–water partition coefficient (Wildman–Crippen LogP) is 7.22. The number of aromatic nitrogens is 2. The Bertz CT molecular complexity index is 1670. The van der Waals surface area contributed by atoms with Crippen LogP contribution in [0.25, 0.3) is 33.5 Å². The first-order valence-electron chi connectivity index (χ1n) is 10.4. The van der Waals surface area contributed by atoms with Crippen molar-refractivity contribution in [2.24, 2.45) is 5.10 Å². The molecule has 3 aromatic carbocycles. The van der Waals surface area contributed by atoms with Crippen LogP contribution < -0.4 is 10.3 Å². The standard InChI is InChI=1S/C26H16Cl3N3O3/c1-2-9-34-24-19(28)10-15(11-20(24)29)14-30-32-25(31-21-6-4-3-5-18(21)26(32)33)23-13-16-12-17(27)7-8-22(16)35-23/h2-8,10-14H,1,9H2. The minimum Gasteiger partial charge on any atom is -0.486 e. The first kappa shape index (κ1) is 23.2. The number of benzene rings is 3. The summed E-state index contributed by atoms with van der Waals surface area (Å²) in [5.74, 6) is 0.948. The molecule has 0 aliphatic carbocycles. The Kier molecular flexibility index (Phi) is 6.34. The highest BCUT2D eigenvalue weighted by molar-refractivity contribution is 6.37. The summed E-state index contributed by atoms with van der Waals surface area (Å²) >= 11 is 18.8. The van der Waals surface area contributed by atoms with Crippen LogP contribution in [0.3, 0.4) is 0 Å². The second kappa shape index (κ2) is 9.58. The maximum atomic E-state index is 13.4. The van der Waals surface area contributed by atoms with E-state index >= 15 is 0 Å². The molecule has 6 nitrogen and oxygen atoms in total. The molecule has 0 saturated heterocycles. The number of para-hydroxylation sites is 1. The van der Waals surface area contributed by atoms with E-state index < -0.39 is 0 Å². The van der Waals surface area contributed by atoms with Gasteiger partial charge in [-0.1, -0.05) is 59.6 Å². The number of rotatable bonds is 6. The SMILES string of the molecule is C=CCOc1c(Cl)cc(C=Nn2c(-c3cc4cc(Cl)ccc4o3)nc3ccccc3c2=O)cc1Cl. The smallest absolute Gasteiger partial charge is 0.282 e. The van der Waals surface area contributed by atoms with Gasteiger partial charge in [0, 0.05) is 10.4 Å². The lowest BCUT2D eigenvalue weighted by molar-refractivity contribution is 0.363. The molecule has 0 aliphatic rings. The van der Waals surface area contributed by atoms with Crippen molar-refractivity contribution >= 4 is 62.9 Å². The van der Waals surface area contributed by atoms with Crippen LogP contribution in [0.15, 0.2) is 87.6 Å². The van der Waals surface area contributed by atoms with E-state index in [1.807, 2.05) is 6.07 Å². The molecule has 0 amide bonds. The summed E-state index contributed by atoms with van der Waals surface area (Å²) in [5.41, 5.74) is 1.33. The highest BCUT2D eigenvalue weighted by Gasteiger charge is 2.17. The fraction of sp³-hybridized carbons (Fsp3) is 0.0385. The average Bonchev–Trinajstić information content (AvgIpc) is 3.26.